The molecule has 2 aliphatic heterocycles. The monoisotopic (exact) mass is 475 g/mol. The first-order valence-corrected chi connectivity index (χ1v) is 11.6. The van der Waals surface area contributed by atoms with Crippen LogP contribution in [0.4, 0.5) is 0 Å². The molecule has 0 radical (unpaired) electrons. The fourth-order valence-corrected chi connectivity index (χ4v) is 4.82. The van der Waals surface area contributed by atoms with Gasteiger partial charge in [-0.3, -0.25) is 4.79 Å². The third kappa shape index (κ3) is 3.76. The van der Waals surface area contributed by atoms with Crippen LogP contribution >= 0.6 is 0 Å². The number of unbranched alkanes of at least 4 members (excludes halogenated alkanes) is 3. The van der Waals surface area contributed by atoms with Crippen LogP contribution in [-0.4, -0.2) is 40.3 Å². The SMILES string of the molecule is O=C(NCCCCCCO)c1cccc2c1C(=O)OC21c2ccc(O)cc2Oc2cc(O)ccc21. The van der Waals surface area contributed by atoms with Crippen molar-refractivity contribution in [2.75, 3.05) is 13.2 Å². The minimum Gasteiger partial charge on any atom is -0.508 e. The van der Waals surface area contributed by atoms with E-state index in [2.05, 4.69) is 5.32 Å². The van der Waals surface area contributed by atoms with Gasteiger partial charge >= 0.3 is 5.97 Å². The molecule has 0 aliphatic carbocycles. The molecule has 3 aromatic rings. The van der Waals surface area contributed by atoms with E-state index in [9.17, 15) is 19.8 Å². The molecule has 0 bridgehead atoms. The summed E-state index contributed by atoms with van der Waals surface area (Å²) in [5.41, 5.74) is 0.471. The number of benzene rings is 3. The van der Waals surface area contributed by atoms with Gasteiger partial charge in [0.1, 0.15) is 23.0 Å². The number of phenolic OH excluding ortho intramolecular Hbond substituents is 2. The fourth-order valence-electron chi connectivity index (χ4n) is 4.82. The Kier molecular flexibility index (Phi) is 5.82. The topological polar surface area (TPSA) is 125 Å². The highest BCUT2D eigenvalue weighted by Crippen LogP contribution is 2.57. The van der Waals surface area contributed by atoms with E-state index in [1.807, 2.05) is 0 Å². The first-order valence-electron chi connectivity index (χ1n) is 11.6. The number of hydrogen-bond donors (Lipinski definition) is 4. The van der Waals surface area contributed by atoms with Crippen molar-refractivity contribution in [3.63, 3.8) is 0 Å². The number of carbonyl (C=O) groups is 2. The smallest absolute Gasteiger partial charge is 0.340 e. The van der Waals surface area contributed by atoms with Gasteiger partial charge in [-0.1, -0.05) is 25.0 Å². The molecule has 8 nitrogen and oxygen atoms in total. The lowest BCUT2D eigenvalue weighted by molar-refractivity contribution is 0.0223. The van der Waals surface area contributed by atoms with E-state index in [-0.39, 0.29) is 46.6 Å². The minimum atomic E-state index is -1.41. The maximum atomic E-state index is 13.3. The van der Waals surface area contributed by atoms with Gasteiger partial charge in [-0.2, -0.15) is 0 Å². The average Bonchev–Trinajstić information content (AvgIpc) is 3.13. The van der Waals surface area contributed by atoms with Gasteiger partial charge in [-0.25, -0.2) is 4.79 Å². The maximum Gasteiger partial charge on any atom is 0.340 e. The van der Waals surface area contributed by atoms with Crippen LogP contribution in [0.25, 0.3) is 0 Å². The first kappa shape index (κ1) is 22.7. The molecule has 0 unspecified atom stereocenters. The Bertz CT molecular complexity index is 1270. The first-order chi connectivity index (χ1) is 17.0. The van der Waals surface area contributed by atoms with Gasteiger partial charge in [0.25, 0.3) is 5.91 Å². The predicted molar refractivity (Wildman–Crippen MR) is 126 cm³/mol. The van der Waals surface area contributed by atoms with Gasteiger partial charge < -0.3 is 30.1 Å². The second-order valence-corrected chi connectivity index (χ2v) is 8.66. The summed E-state index contributed by atoms with van der Waals surface area (Å²) in [5.74, 6) is -0.517. The molecule has 0 saturated heterocycles. The Hall–Kier alpha value is -4.04. The Morgan fingerprint density at radius 1 is 0.857 bits per heavy atom. The van der Waals surface area contributed by atoms with Gasteiger partial charge in [0.05, 0.1) is 11.1 Å². The van der Waals surface area contributed by atoms with Crippen LogP contribution in [0.3, 0.4) is 0 Å². The molecule has 3 aromatic carbocycles. The summed E-state index contributed by atoms with van der Waals surface area (Å²) in [6, 6.07) is 14.1. The molecule has 4 N–H and O–H groups in total. The van der Waals surface area contributed by atoms with E-state index >= 15 is 0 Å². The van der Waals surface area contributed by atoms with E-state index in [0.717, 1.165) is 25.7 Å². The summed E-state index contributed by atoms with van der Waals surface area (Å²) in [6.45, 7) is 0.606. The van der Waals surface area contributed by atoms with E-state index in [1.165, 1.54) is 24.3 Å². The number of carbonyl (C=O) groups excluding carboxylic acids is 2. The standard InChI is InChI=1S/C27H25NO7/c29-13-4-2-1-3-12-28-25(32)18-6-5-7-21-24(18)26(33)35-27(21)19-10-8-16(30)14-22(19)34-23-15-17(31)9-11-20(23)27/h5-11,14-15,29-31H,1-4,12-13H2,(H,28,32). The summed E-state index contributed by atoms with van der Waals surface area (Å²) in [6.07, 6.45) is 3.26. The minimum absolute atomic E-state index is 0.0285. The molecule has 2 aliphatic rings. The fraction of sp³-hybridized carbons (Fsp3) is 0.259. The molecule has 0 atom stereocenters. The quantitative estimate of drug-likeness (QED) is 0.301. The van der Waals surface area contributed by atoms with Crippen LogP contribution in [0.1, 0.15) is 63.1 Å². The highest BCUT2D eigenvalue weighted by atomic mass is 16.6. The van der Waals surface area contributed by atoms with E-state index < -0.39 is 11.6 Å². The number of aliphatic hydroxyl groups is 1. The Morgan fingerprint density at radius 3 is 2.17 bits per heavy atom. The second-order valence-electron chi connectivity index (χ2n) is 8.66. The van der Waals surface area contributed by atoms with Crippen molar-refractivity contribution in [2.45, 2.75) is 31.3 Å². The lowest BCUT2D eigenvalue weighted by Gasteiger charge is -2.36. The zero-order valence-corrected chi connectivity index (χ0v) is 18.9. The van der Waals surface area contributed by atoms with E-state index in [1.54, 1.807) is 30.3 Å². The van der Waals surface area contributed by atoms with Gasteiger partial charge in [-0.15, -0.1) is 0 Å². The average molecular weight is 475 g/mol. The number of fused-ring (bicyclic) bond motifs is 6. The number of aliphatic hydroxyl groups excluding tert-OH is 1. The molecular formula is C27H25NO7. The molecule has 0 fully saturated rings. The van der Waals surface area contributed by atoms with Gasteiger partial charge in [0, 0.05) is 42.0 Å². The number of amides is 1. The molecule has 0 aromatic heterocycles. The Balaban J connectivity index is 1.57. The second kappa shape index (κ2) is 8.96. The highest BCUT2D eigenvalue weighted by molar-refractivity contribution is 6.08. The van der Waals surface area contributed by atoms with Gasteiger partial charge in [0.2, 0.25) is 0 Å². The largest absolute Gasteiger partial charge is 0.508 e. The van der Waals surface area contributed by atoms with Crippen LogP contribution < -0.4 is 10.1 Å². The van der Waals surface area contributed by atoms with Crippen LogP contribution in [0.15, 0.2) is 54.6 Å². The number of rotatable bonds is 7. The summed E-state index contributed by atoms with van der Waals surface area (Å²) in [5, 5.41) is 31.8. The molecule has 35 heavy (non-hydrogen) atoms. The molecule has 1 spiro atoms. The zero-order valence-electron chi connectivity index (χ0n) is 18.9. The Labute approximate surface area is 201 Å². The number of esters is 1. The van der Waals surface area contributed by atoms with Gasteiger partial charge in [0.15, 0.2) is 5.60 Å². The molecule has 2 heterocycles. The summed E-state index contributed by atoms with van der Waals surface area (Å²) < 4.78 is 12.0. The normalized spacial score (nSPS) is 14.5. The molecule has 0 saturated carbocycles. The predicted octanol–water partition coefficient (Wildman–Crippen LogP) is 3.95. The number of ether oxygens (including phenoxy) is 2. The molecule has 180 valence electrons. The van der Waals surface area contributed by atoms with E-state index in [4.69, 9.17) is 14.6 Å². The van der Waals surface area contributed by atoms with Crippen LogP contribution in [0.5, 0.6) is 23.0 Å². The van der Waals surface area contributed by atoms with Crippen LogP contribution in [0.2, 0.25) is 0 Å². The molecule has 1 amide bonds. The van der Waals surface area contributed by atoms with Gasteiger partial charge in [-0.05, 0) is 43.2 Å². The van der Waals surface area contributed by atoms with Crippen molar-refractivity contribution in [3.8, 4) is 23.0 Å². The number of phenols is 2. The zero-order chi connectivity index (χ0) is 24.6. The molecule has 5 rings (SSSR count). The number of nitrogens with one attached hydrogen (secondary N) is 1. The third-order valence-electron chi connectivity index (χ3n) is 6.42. The van der Waals surface area contributed by atoms with Crippen molar-refractivity contribution < 1.29 is 34.4 Å². The van der Waals surface area contributed by atoms with Crippen molar-refractivity contribution in [3.05, 3.63) is 82.4 Å². The van der Waals surface area contributed by atoms with E-state index in [0.29, 0.717) is 23.2 Å². The van der Waals surface area contributed by atoms with Crippen LogP contribution in [0, 0.1) is 0 Å². The molecular weight excluding hydrogens is 450 g/mol. The summed E-state index contributed by atoms with van der Waals surface area (Å²) >= 11 is 0. The van der Waals surface area contributed by atoms with Crippen molar-refractivity contribution in [1.29, 1.82) is 0 Å². The summed E-state index contributed by atoms with van der Waals surface area (Å²) in [7, 11) is 0. The maximum absolute atomic E-state index is 13.3. The highest BCUT2D eigenvalue weighted by Gasteiger charge is 2.54. The van der Waals surface area contributed by atoms with Crippen molar-refractivity contribution in [2.24, 2.45) is 0 Å². The number of hydrogen-bond acceptors (Lipinski definition) is 7. The lowest BCUT2D eigenvalue weighted by Crippen LogP contribution is -2.33. The number of aromatic hydroxyl groups is 2. The third-order valence-corrected chi connectivity index (χ3v) is 6.42. The van der Waals surface area contributed by atoms with Crippen LogP contribution in [-0.2, 0) is 10.3 Å². The Morgan fingerprint density at radius 2 is 1.51 bits per heavy atom. The molecule has 8 heteroatoms. The summed E-state index contributed by atoms with van der Waals surface area (Å²) in [4.78, 5) is 26.3. The van der Waals surface area contributed by atoms with Crippen molar-refractivity contribution in [1.82, 2.24) is 5.32 Å². The van der Waals surface area contributed by atoms with Crippen molar-refractivity contribution >= 4 is 11.9 Å². The lowest BCUT2D eigenvalue weighted by atomic mass is 9.77.